The van der Waals surface area contributed by atoms with Gasteiger partial charge < -0.3 is 5.53 Å². The molecule has 212 valence electrons. The maximum atomic E-state index is 11.2. The summed E-state index contributed by atoms with van der Waals surface area (Å²) >= 11 is 1.59. The van der Waals surface area contributed by atoms with Crippen LogP contribution in [0.2, 0.25) is 0 Å². The molecule has 5 heteroatoms. The molecule has 0 aliphatic carbocycles. The predicted octanol–water partition coefficient (Wildman–Crippen LogP) is 8.77. The fourth-order valence-electron chi connectivity index (χ4n) is 4.30. The second-order valence-corrected chi connectivity index (χ2v) is 11.5. The molecule has 0 fully saturated rings. The Morgan fingerprint density at radius 1 is 0.737 bits per heavy atom. The molecule has 1 aliphatic rings. The van der Waals surface area contributed by atoms with Gasteiger partial charge in [-0.2, -0.15) is 0 Å². The standard InChI is InChI=1S/C27H34N2.2C3H8N.Ni/c1-4-7-9-12-22-14-11-16-23(19-22)26-20-25(15-8-5-2)27(29(26)28)24-17-10-13-21(6-3)18-24;2*1-3-4-2;/h10-11,13-14,16-20H,4-9,12,15H2,1-3H3;2*3H2,1-2H3;/q;2*-1;+2. The number of rotatable bonds is 14. The summed E-state index contributed by atoms with van der Waals surface area (Å²) in [7, 11) is 4.21. The van der Waals surface area contributed by atoms with Gasteiger partial charge in [0.25, 0.3) is 0 Å². The summed E-state index contributed by atoms with van der Waals surface area (Å²) in [6, 6.07) is 17.2. The number of nitrogens with zero attached hydrogens (tertiary/aromatic N) is 4. The van der Waals surface area contributed by atoms with E-state index >= 15 is 0 Å². The molecule has 2 aromatic rings. The Labute approximate surface area is 239 Å². The van der Waals surface area contributed by atoms with Crippen LogP contribution in [-0.2, 0) is 27.7 Å². The van der Waals surface area contributed by atoms with E-state index in [0.717, 1.165) is 67.7 Å². The van der Waals surface area contributed by atoms with Gasteiger partial charge in [0.2, 0.25) is 11.4 Å². The number of allylic oxidation sites excluding steroid dienone is 2. The first-order valence-electron chi connectivity index (χ1n) is 14.5. The number of unbranched alkanes of at least 4 members (excludes halogenated alkanes) is 3. The summed E-state index contributed by atoms with van der Waals surface area (Å²) in [4.78, 5) is 0. The third-order valence-electron chi connectivity index (χ3n) is 6.80. The van der Waals surface area contributed by atoms with Crippen LogP contribution in [0.3, 0.4) is 0 Å². The van der Waals surface area contributed by atoms with E-state index in [1.807, 2.05) is 0 Å². The molecule has 0 bridgehead atoms. The number of aryl methyl sites for hydroxylation is 2. The second kappa shape index (κ2) is 17.5. The van der Waals surface area contributed by atoms with Crippen molar-refractivity contribution in [3.8, 4) is 0 Å². The Bertz CT molecular complexity index is 1060. The van der Waals surface area contributed by atoms with E-state index < -0.39 is 0 Å². The van der Waals surface area contributed by atoms with Gasteiger partial charge in [-0.15, -0.1) is 0 Å². The average Bonchev–Trinajstić information content (AvgIpc) is 3.28. The van der Waals surface area contributed by atoms with Crippen molar-refractivity contribution in [2.24, 2.45) is 0 Å². The van der Waals surface area contributed by atoms with Crippen molar-refractivity contribution in [1.82, 2.24) is 7.96 Å². The van der Waals surface area contributed by atoms with Gasteiger partial charge in [0.1, 0.15) is 0 Å². The molecule has 38 heavy (non-hydrogen) atoms. The van der Waals surface area contributed by atoms with Crippen molar-refractivity contribution in [2.45, 2.75) is 86.0 Å². The van der Waals surface area contributed by atoms with E-state index in [1.54, 1.807) is 14.9 Å². The van der Waals surface area contributed by atoms with Gasteiger partial charge in [-0.1, -0.05) is 64.3 Å². The number of hydrogen-bond donors (Lipinski definition) is 0. The van der Waals surface area contributed by atoms with Crippen LogP contribution in [0.4, 0.5) is 0 Å². The van der Waals surface area contributed by atoms with Crippen molar-refractivity contribution in [3.05, 3.63) is 88.0 Å². The molecule has 1 heterocycles. The zero-order valence-corrected chi connectivity index (χ0v) is 25.9. The molecule has 2 aromatic carbocycles. The average molecular weight is 561 g/mol. The molecule has 3 rings (SSSR count). The Hall–Kier alpha value is -2.07. The van der Waals surface area contributed by atoms with Gasteiger partial charge >= 0.3 is 63.9 Å². The zero-order valence-electron chi connectivity index (χ0n) is 24.9. The second-order valence-electron chi connectivity index (χ2n) is 9.84. The first-order chi connectivity index (χ1) is 18.4. The fraction of sp³-hybridized carbons (Fsp3) is 0.515. The van der Waals surface area contributed by atoms with Gasteiger partial charge in [0.15, 0.2) is 0 Å². The molecular weight excluding hydrogens is 511 g/mol. The van der Waals surface area contributed by atoms with Crippen LogP contribution in [0.5, 0.6) is 0 Å². The van der Waals surface area contributed by atoms with Crippen molar-refractivity contribution < 1.29 is 19.6 Å². The molecule has 0 spiro atoms. The molecule has 1 aliphatic heterocycles. The molecule has 0 unspecified atom stereocenters. The van der Waals surface area contributed by atoms with Crippen LogP contribution in [0.1, 0.15) is 95.4 Å². The van der Waals surface area contributed by atoms with Crippen LogP contribution in [0.15, 0.2) is 60.2 Å². The number of hydrogen-bond acceptors (Lipinski definition) is 2. The summed E-state index contributed by atoms with van der Waals surface area (Å²) in [6.45, 7) is 13.1. The van der Waals surface area contributed by atoms with Crippen molar-refractivity contribution in [2.75, 3.05) is 27.2 Å². The first-order valence-corrected chi connectivity index (χ1v) is 15.4. The van der Waals surface area contributed by atoms with Crippen LogP contribution >= 0.6 is 0 Å². The molecule has 0 saturated heterocycles. The third-order valence-corrected chi connectivity index (χ3v) is 8.10. The summed E-state index contributed by atoms with van der Waals surface area (Å²) < 4.78 is 5.86. The molecule has 4 nitrogen and oxygen atoms in total. The first kappa shape index (κ1) is 32.1. The van der Waals surface area contributed by atoms with Crippen molar-refractivity contribution in [1.29, 1.82) is 0 Å². The van der Waals surface area contributed by atoms with E-state index in [1.165, 1.54) is 40.7 Å². The fourth-order valence-corrected chi connectivity index (χ4v) is 5.15. The zero-order chi connectivity index (χ0) is 27.9. The molecule has 0 N–H and O–H groups in total. The van der Waals surface area contributed by atoms with E-state index in [4.69, 9.17) is 0 Å². The molecule has 0 amide bonds. The molecule has 0 radical (unpaired) electrons. The van der Waals surface area contributed by atoms with Gasteiger partial charge in [0.05, 0.1) is 0 Å². The SMILES string of the molecule is CCCCCc1cccc(C2=CC(CCCC)=C(c3cccc(CC)c3)[N+]2=[N-])c1.CC[N](C)[Ni][N](C)CC. The molecule has 0 aromatic heterocycles. The normalized spacial score (nSPS) is 13.4. The monoisotopic (exact) mass is 560 g/mol. The Morgan fingerprint density at radius 3 is 1.95 bits per heavy atom. The predicted molar refractivity (Wildman–Crippen MR) is 160 cm³/mol. The Morgan fingerprint density at radius 2 is 1.34 bits per heavy atom. The van der Waals surface area contributed by atoms with Crippen LogP contribution < -0.4 is 0 Å². The van der Waals surface area contributed by atoms with Crippen LogP contribution in [-0.4, -0.2) is 39.8 Å². The Kier molecular flexibility index (Phi) is 14.8. The van der Waals surface area contributed by atoms with Gasteiger partial charge in [-0.3, -0.25) is 0 Å². The van der Waals surface area contributed by atoms with Gasteiger partial charge in [-0.05, 0) is 67.5 Å². The third kappa shape index (κ3) is 9.91. The van der Waals surface area contributed by atoms with Crippen LogP contribution in [0, 0.1) is 0 Å². The van der Waals surface area contributed by atoms with Gasteiger partial charge in [-0.25, -0.2) is 4.70 Å². The van der Waals surface area contributed by atoms with Crippen molar-refractivity contribution >= 4 is 11.4 Å². The van der Waals surface area contributed by atoms with E-state index in [2.05, 4.69) is 111 Å². The van der Waals surface area contributed by atoms with Crippen LogP contribution in [0.25, 0.3) is 16.9 Å². The van der Waals surface area contributed by atoms with Gasteiger partial charge in [0, 0.05) is 22.8 Å². The minimum absolute atomic E-state index is 0.894. The van der Waals surface area contributed by atoms with E-state index in [9.17, 15) is 5.53 Å². The maximum absolute atomic E-state index is 11.2. The molecule has 0 saturated carbocycles. The summed E-state index contributed by atoms with van der Waals surface area (Å²) in [5.74, 6) is 0. The Balaban J connectivity index is 0.000000484. The number of benzene rings is 2. The van der Waals surface area contributed by atoms with E-state index in [0.29, 0.717) is 0 Å². The summed E-state index contributed by atoms with van der Waals surface area (Å²) in [5.41, 5.74) is 19.1. The van der Waals surface area contributed by atoms with E-state index in [-0.39, 0.29) is 0 Å². The summed E-state index contributed by atoms with van der Waals surface area (Å²) in [6.07, 6.45) is 11.3. The quantitative estimate of drug-likeness (QED) is 0.131. The van der Waals surface area contributed by atoms with Crippen molar-refractivity contribution in [3.63, 3.8) is 0 Å². The minimum atomic E-state index is 0.894. The topological polar surface area (TPSA) is 31.8 Å². The summed E-state index contributed by atoms with van der Waals surface area (Å²) in [5, 5.41) is 0. The molecule has 0 atom stereocenters. The molecular formula is C33H50N4Ni.